The third kappa shape index (κ3) is 85.2. The van der Waals surface area contributed by atoms with Crippen LogP contribution < -0.4 is 0 Å². The highest BCUT2D eigenvalue weighted by molar-refractivity contribution is 5.00. The van der Waals surface area contributed by atoms with Gasteiger partial charge in [0.1, 0.15) is 0 Å². The normalized spacial score (nSPS) is 7.69. The van der Waals surface area contributed by atoms with Crippen molar-refractivity contribution in [3.63, 3.8) is 0 Å². The lowest BCUT2D eigenvalue weighted by atomic mass is 10.4. The first-order valence-electron chi connectivity index (χ1n) is 5.69. The zero-order valence-corrected chi connectivity index (χ0v) is 11.0. The van der Waals surface area contributed by atoms with Crippen LogP contribution in [0.5, 0.6) is 0 Å². The summed E-state index contributed by atoms with van der Waals surface area (Å²) >= 11 is 0. The Hall–Kier alpha value is -0.520. The van der Waals surface area contributed by atoms with Gasteiger partial charge < -0.3 is 0 Å². The number of hydrogen-bond acceptors (Lipinski definition) is 0. The van der Waals surface area contributed by atoms with Crippen LogP contribution in [-0.4, -0.2) is 0 Å². The average molecular weight is 186 g/mol. The second-order valence-electron chi connectivity index (χ2n) is 1.36. The lowest BCUT2D eigenvalue weighted by Gasteiger charge is -1.70. The monoisotopic (exact) mass is 186 g/mol. The first-order valence-corrected chi connectivity index (χ1v) is 5.69. The van der Waals surface area contributed by atoms with Gasteiger partial charge in [-0.3, -0.25) is 0 Å². The van der Waals surface area contributed by atoms with Gasteiger partial charge in [-0.25, -0.2) is 0 Å². The van der Waals surface area contributed by atoms with Gasteiger partial charge in [0.15, 0.2) is 0 Å². The molecular formula is C13H30. The van der Waals surface area contributed by atoms with E-state index in [2.05, 4.69) is 19.1 Å². The molecule has 13 heavy (non-hydrogen) atoms. The summed E-state index contributed by atoms with van der Waals surface area (Å²) in [5, 5.41) is 0. The fourth-order valence-corrected chi connectivity index (χ4v) is 0.326. The third-order valence-corrected chi connectivity index (χ3v) is 0.675. The predicted molar refractivity (Wildman–Crippen MR) is 68.3 cm³/mol. The van der Waals surface area contributed by atoms with Crippen LogP contribution >= 0.6 is 0 Å². The Bertz CT molecular complexity index is 68.1. The summed E-state index contributed by atoms with van der Waals surface area (Å²) in [4.78, 5) is 0. The van der Waals surface area contributed by atoms with Crippen molar-refractivity contribution in [1.82, 2.24) is 0 Å². The molecule has 82 valence electrons. The summed E-state index contributed by atoms with van der Waals surface area (Å²) in [6.07, 6.45) is 9.36. The molecule has 0 fully saturated rings. The molecule has 0 heteroatoms. The minimum Gasteiger partial charge on any atom is -0.0877 e. The molecule has 0 aliphatic heterocycles. The molecule has 0 aliphatic carbocycles. The van der Waals surface area contributed by atoms with E-state index in [0.717, 1.165) is 6.42 Å². The predicted octanol–water partition coefficient (Wildman–Crippen LogP) is 5.61. The van der Waals surface area contributed by atoms with Gasteiger partial charge in [0, 0.05) is 0 Å². The summed E-state index contributed by atoms with van der Waals surface area (Å²) in [6, 6.07) is 0. The van der Waals surface area contributed by atoms with Crippen molar-refractivity contribution in [1.29, 1.82) is 0 Å². The van der Waals surface area contributed by atoms with Crippen molar-refractivity contribution in [3.05, 3.63) is 24.3 Å². The first-order chi connectivity index (χ1) is 6.41. The molecule has 0 unspecified atom stereocenters. The van der Waals surface area contributed by atoms with Crippen LogP contribution in [0.15, 0.2) is 24.3 Å². The Morgan fingerprint density at radius 2 is 1.15 bits per heavy atom. The summed E-state index contributed by atoms with van der Waals surface area (Å²) < 4.78 is 0. The molecule has 0 aromatic heterocycles. The smallest absolute Gasteiger partial charge is 0.0376 e. The Morgan fingerprint density at radius 3 is 1.38 bits per heavy atom. The molecule has 0 bridgehead atoms. The SMILES string of the molecule is C/C=C\C=C/CC.CC.CC.CC. The Morgan fingerprint density at radius 1 is 0.769 bits per heavy atom. The third-order valence-electron chi connectivity index (χ3n) is 0.675. The molecule has 0 aliphatic rings. The fourth-order valence-electron chi connectivity index (χ4n) is 0.326. The van der Waals surface area contributed by atoms with E-state index in [4.69, 9.17) is 0 Å². The molecule has 0 saturated heterocycles. The molecule has 0 spiro atoms. The maximum absolute atomic E-state index is 2.12. The summed E-state index contributed by atoms with van der Waals surface area (Å²) in [6.45, 7) is 16.1. The van der Waals surface area contributed by atoms with Crippen molar-refractivity contribution in [2.75, 3.05) is 0 Å². The van der Waals surface area contributed by atoms with Crippen molar-refractivity contribution in [2.24, 2.45) is 0 Å². The van der Waals surface area contributed by atoms with Crippen LogP contribution in [-0.2, 0) is 0 Å². The highest BCUT2D eigenvalue weighted by Gasteiger charge is 1.57. The summed E-state index contributed by atoms with van der Waals surface area (Å²) in [5.41, 5.74) is 0. The molecule has 0 saturated carbocycles. The van der Waals surface area contributed by atoms with E-state index in [1.165, 1.54) is 0 Å². The van der Waals surface area contributed by atoms with Crippen molar-refractivity contribution < 1.29 is 0 Å². The van der Waals surface area contributed by atoms with Gasteiger partial charge in [0.05, 0.1) is 0 Å². The van der Waals surface area contributed by atoms with Crippen LogP contribution in [0.25, 0.3) is 0 Å². The maximum atomic E-state index is 2.12. The number of hydrogen-bond donors (Lipinski definition) is 0. The largest absolute Gasteiger partial charge is 0.0877 e. The van der Waals surface area contributed by atoms with Crippen molar-refractivity contribution in [2.45, 2.75) is 61.8 Å². The molecule has 0 N–H and O–H groups in total. The van der Waals surface area contributed by atoms with E-state index in [-0.39, 0.29) is 0 Å². The molecule has 0 nitrogen and oxygen atoms in total. The van der Waals surface area contributed by atoms with Gasteiger partial charge in [0.2, 0.25) is 0 Å². The van der Waals surface area contributed by atoms with Crippen molar-refractivity contribution >= 4 is 0 Å². The lowest BCUT2D eigenvalue weighted by Crippen LogP contribution is -1.48. The minimum atomic E-state index is 1.13. The average Bonchev–Trinajstić information content (AvgIpc) is 2.27. The summed E-state index contributed by atoms with van der Waals surface area (Å²) in [7, 11) is 0. The van der Waals surface area contributed by atoms with E-state index >= 15 is 0 Å². The van der Waals surface area contributed by atoms with Gasteiger partial charge in [-0.1, -0.05) is 72.8 Å². The first kappa shape index (κ1) is 22.9. The molecule has 0 atom stereocenters. The molecule has 0 heterocycles. The minimum absolute atomic E-state index is 1.13. The van der Waals surface area contributed by atoms with Crippen LogP contribution in [0, 0.1) is 0 Å². The highest BCUT2D eigenvalue weighted by Crippen LogP contribution is 1.79. The number of rotatable bonds is 2. The Balaban J connectivity index is -0.0000000573. The van der Waals surface area contributed by atoms with Crippen LogP contribution in [0.1, 0.15) is 61.8 Å². The van der Waals surface area contributed by atoms with Crippen molar-refractivity contribution in [3.8, 4) is 0 Å². The molecule has 0 radical (unpaired) electrons. The Kier molecular flexibility index (Phi) is 111. The quantitative estimate of drug-likeness (QED) is 0.492. The van der Waals surface area contributed by atoms with Crippen LogP contribution in [0.3, 0.4) is 0 Å². The van der Waals surface area contributed by atoms with E-state index in [1.54, 1.807) is 0 Å². The standard InChI is InChI=1S/C7H12.3C2H6/c1-3-5-7-6-4-2;3*1-2/h3,5-7H,4H2,1-2H3;3*1-2H3/b5-3-,7-6-;;;. The van der Waals surface area contributed by atoms with Gasteiger partial charge >= 0.3 is 0 Å². The summed E-state index contributed by atoms with van der Waals surface area (Å²) in [5.74, 6) is 0. The Labute approximate surface area is 86.8 Å². The molecule has 0 aromatic carbocycles. The van der Waals surface area contributed by atoms with Crippen LogP contribution in [0.4, 0.5) is 0 Å². The molecule has 0 aromatic rings. The van der Waals surface area contributed by atoms with Crippen LogP contribution in [0.2, 0.25) is 0 Å². The lowest BCUT2D eigenvalue weighted by molar-refractivity contribution is 1.22. The number of allylic oxidation sites excluding steroid dienone is 4. The zero-order valence-electron chi connectivity index (χ0n) is 11.0. The van der Waals surface area contributed by atoms with Gasteiger partial charge in [-0.2, -0.15) is 0 Å². The topological polar surface area (TPSA) is 0 Å². The molecule has 0 rings (SSSR count). The van der Waals surface area contributed by atoms with E-state index in [0.29, 0.717) is 0 Å². The van der Waals surface area contributed by atoms with E-state index < -0.39 is 0 Å². The van der Waals surface area contributed by atoms with Gasteiger partial charge in [0.25, 0.3) is 0 Å². The second-order valence-corrected chi connectivity index (χ2v) is 1.36. The fraction of sp³-hybridized carbons (Fsp3) is 0.692. The molecular weight excluding hydrogens is 156 g/mol. The maximum Gasteiger partial charge on any atom is -0.0376 e. The van der Waals surface area contributed by atoms with Gasteiger partial charge in [-0.05, 0) is 13.3 Å². The van der Waals surface area contributed by atoms with E-state index in [1.807, 2.05) is 60.6 Å². The molecule has 0 amide bonds. The second kappa shape index (κ2) is 62.8. The highest BCUT2D eigenvalue weighted by atomic mass is 13.6. The zero-order chi connectivity index (χ0) is 11.5. The van der Waals surface area contributed by atoms with Gasteiger partial charge in [-0.15, -0.1) is 0 Å². The van der Waals surface area contributed by atoms with E-state index in [9.17, 15) is 0 Å².